The second kappa shape index (κ2) is 16.7. The summed E-state index contributed by atoms with van der Waals surface area (Å²) in [6.07, 6.45) is 13.0. The van der Waals surface area contributed by atoms with E-state index in [1.165, 1.54) is 64.2 Å². The Balaban J connectivity index is 0.958. The number of carbonyl (C=O) groups excluding carboxylic acids is 1. The minimum absolute atomic E-state index is 0.282. The van der Waals surface area contributed by atoms with E-state index in [1.807, 2.05) is 36.4 Å². The third kappa shape index (κ3) is 10.2. The van der Waals surface area contributed by atoms with Crippen LogP contribution in [0.5, 0.6) is 0 Å². The van der Waals surface area contributed by atoms with Gasteiger partial charge in [0.2, 0.25) is 5.95 Å². The van der Waals surface area contributed by atoms with Crippen LogP contribution in [0, 0.1) is 11.8 Å². The molecule has 1 amide bonds. The SMILES string of the molecule is Nc1cc(NC[C@H]2CC[C@H](CNCCCNC3CCCCC3)CC2)nc(N2CCN(C(=O)OCc3ccccc3)CC2)n1. The third-order valence-electron chi connectivity index (χ3n) is 9.30. The average Bonchev–Trinajstić information content (AvgIpc) is 3.05. The molecular formula is C33H52N8O2. The minimum atomic E-state index is -0.285. The van der Waals surface area contributed by atoms with Crippen LogP contribution in [0.4, 0.5) is 22.4 Å². The summed E-state index contributed by atoms with van der Waals surface area (Å²) in [6.45, 7) is 6.99. The largest absolute Gasteiger partial charge is 0.445 e. The molecule has 10 nitrogen and oxygen atoms in total. The molecule has 0 radical (unpaired) electrons. The molecule has 2 aliphatic carbocycles. The summed E-state index contributed by atoms with van der Waals surface area (Å²) < 4.78 is 5.50. The number of benzene rings is 1. The molecule has 5 rings (SSSR count). The highest BCUT2D eigenvalue weighted by Gasteiger charge is 2.25. The molecule has 10 heteroatoms. The smallest absolute Gasteiger partial charge is 0.410 e. The lowest BCUT2D eigenvalue weighted by molar-refractivity contribution is 0.0941. The number of nitrogen functional groups attached to an aromatic ring is 1. The van der Waals surface area contributed by atoms with E-state index in [2.05, 4.69) is 25.8 Å². The molecule has 1 aliphatic heterocycles. The molecule has 1 aromatic carbocycles. The van der Waals surface area contributed by atoms with E-state index in [-0.39, 0.29) is 12.7 Å². The quantitative estimate of drug-likeness (QED) is 0.247. The van der Waals surface area contributed by atoms with Crippen LogP contribution in [0.15, 0.2) is 36.4 Å². The first-order valence-corrected chi connectivity index (χ1v) is 16.7. The average molecular weight is 593 g/mol. The van der Waals surface area contributed by atoms with Crippen LogP contribution < -0.4 is 26.6 Å². The molecule has 43 heavy (non-hydrogen) atoms. The van der Waals surface area contributed by atoms with Gasteiger partial charge < -0.3 is 36.2 Å². The van der Waals surface area contributed by atoms with E-state index in [9.17, 15) is 4.79 Å². The Labute approximate surface area is 257 Å². The molecule has 236 valence electrons. The second-order valence-corrected chi connectivity index (χ2v) is 12.6. The van der Waals surface area contributed by atoms with Crippen molar-refractivity contribution in [2.75, 3.05) is 68.3 Å². The fourth-order valence-electron chi connectivity index (χ4n) is 6.61. The van der Waals surface area contributed by atoms with Gasteiger partial charge in [-0.25, -0.2) is 4.79 Å². The molecule has 0 unspecified atom stereocenters. The summed E-state index contributed by atoms with van der Waals surface area (Å²) >= 11 is 0. The van der Waals surface area contributed by atoms with Gasteiger partial charge in [-0.2, -0.15) is 9.97 Å². The normalized spacial score (nSPS) is 21.5. The molecule has 0 bridgehead atoms. The third-order valence-corrected chi connectivity index (χ3v) is 9.30. The molecule has 5 N–H and O–H groups in total. The van der Waals surface area contributed by atoms with Crippen molar-refractivity contribution in [2.45, 2.75) is 76.9 Å². The number of ether oxygens (including phenoxy) is 1. The van der Waals surface area contributed by atoms with E-state index in [1.54, 1.807) is 4.90 Å². The number of nitrogens with two attached hydrogens (primary N) is 1. The monoisotopic (exact) mass is 592 g/mol. The highest BCUT2D eigenvalue weighted by molar-refractivity contribution is 5.68. The number of hydrogen-bond acceptors (Lipinski definition) is 9. The molecule has 0 spiro atoms. The van der Waals surface area contributed by atoms with E-state index in [4.69, 9.17) is 15.5 Å². The van der Waals surface area contributed by atoms with Gasteiger partial charge in [0.25, 0.3) is 0 Å². The molecule has 2 saturated carbocycles. The molecule has 1 saturated heterocycles. The van der Waals surface area contributed by atoms with Crippen molar-refractivity contribution in [1.29, 1.82) is 0 Å². The molecular weight excluding hydrogens is 540 g/mol. The first-order chi connectivity index (χ1) is 21.1. The zero-order valence-electron chi connectivity index (χ0n) is 25.8. The van der Waals surface area contributed by atoms with Crippen LogP contribution in [0.25, 0.3) is 0 Å². The summed E-state index contributed by atoms with van der Waals surface area (Å²) in [5, 5.41) is 11.0. The van der Waals surface area contributed by atoms with Crippen LogP contribution in [0.1, 0.15) is 69.8 Å². The highest BCUT2D eigenvalue weighted by Crippen LogP contribution is 2.29. The van der Waals surface area contributed by atoms with Crippen LogP contribution in [0.2, 0.25) is 0 Å². The molecule has 2 heterocycles. The number of nitrogens with zero attached hydrogens (tertiary/aromatic N) is 4. The number of hydrogen-bond donors (Lipinski definition) is 4. The lowest BCUT2D eigenvalue weighted by atomic mass is 9.82. The lowest BCUT2D eigenvalue weighted by Gasteiger charge is -2.34. The van der Waals surface area contributed by atoms with Crippen molar-refractivity contribution in [2.24, 2.45) is 11.8 Å². The first-order valence-electron chi connectivity index (χ1n) is 16.7. The molecule has 3 fully saturated rings. The zero-order valence-corrected chi connectivity index (χ0v) is 25.8. The zero-order chi connectivity index (χ0) is 29.7. The summed E-state index contributed by atoms with van der Waals surface area (Å²) in [6, 6.07) is 12.3. The van der Waals surface area contributed by atoms with E-state index in [0.717, 1.165) is 49.5 Å². The summed E-state index contributed by atoms with van der Waals surface area (Å²) in [5.74, 6) is 3.29. The summed E-state index contributed by atoms with van der Waals surface area (Å²) in [7, 11) is 0. The molecule has 0 atom stereocenters. The van der Waals surface area contributed by atoms with Crippen LogP contribution in [0.3, 0.4) is 0 Å². The van der Waals surface area contributed by atoms with Crippen molar-refractivity contribution in [3.63, 3.8) is 0 Å². The predicted molar refractivity (Wildman–Crippen MR) is 173 cm³/mol. The molecule has 1 aromatic heterocycles. The van der Waals surface area contributed by atoms with Gasteiger partial charge in [-0.05, 0) is 82.0 Å². The maximum Gasteiger partial charge on any atom is 0.410 e. The van der Waals surface area contributed by atoms with Gasteiger partial charge in [0, 0.05) is 44.8 Å². The Morgan fingerprint density at radius 2 is 1.60 bits per heavy atom. The number of anilines is 3. The van der Waals surface area contributed by atoms with Gasteiger partial charge >= 0.3 is 6.09 Å². The molecule has 2 aromatic rings. The maximum absolute atomic E-state index is 12.5. The van der Waals surface area contributed by atoms with Gasteiger partial charge in [-0.15, -0.1) is 0 Å². The Bertz CT molecular complexity index is 1100. The van der Waals surface area contributed by atoms with Gasteiger partial charge in [-0.1, -0.05) is 49.6 Å². The van der Waals surface area contributed by atoms with Crippen molar-refractivity contribution in [3.05, 3.63) is 42.0 Å². The lowest BCUT2D eigenvalue weighted by Crippen LogP contribution is -2.49. The first kappa shape index (κ1) is 31.3. The second-order valence-electron chi connectivity index (χ2n) is 12.6. The van der Waals surface area contributed by atoms with E-state index >= 15 is 0 Å². The fourth-order valence-corrected chi connectivity index (χ4v) is 6.61. The number of aromatic nitrogens is 2. The molecule has 3 aliphatic rings. The minimum Gasteiger partial charge on any atom is -0.445 e. The van der Waals surface area contributed by atoms with Gasteiger partial charge in [0.15, 0.2) is 0 Å². The number of rotatable bonds is 13. The predicted octanol–water partition coefficient (Wildman–Crippen LogP) is 4.64. The number of nitrogens with one attached hydrogen (secondary N) is 3. The van der Waals surface area contributed by atoms with Crippen molar-refractivity contribution in [1.82, 2.24) is 25.5 Å². The highest BCUT2D eigenvalue weighted by atomic mass is 16.6. The summed E-state index contributed by atoms with van der Waals surface area (Å²) in [4.78, 5) is 25.6. The van der Waals surface area contributed by atoms with Crippen molar-refractivity contribution in [3.8, 4) is 0 Å². The van der Waals surface area contributed by atoms with Crippen LogP contribution in [-0.2, 0) is 11.3 Å². The van der Waals surface area contributed by atoms with Crippen LogP contribution >= 0.6 is 0 Å². The number of piperazine rings is 1. The Morgan fingerprint density at radius 3 is 2.35 bits per heavy atom. The Kier molecular flexibility index (Phi) is 12.1. The van der Waals surface area contributed by atoms with Crippen LogP contribution in [-0.4, -0.2) is 79.4 Å². The topological polar surface area (TPSA) is 121 Å². The Hall–Kier alpha value is -3.11. The number of amides is 1. The van der Waals surface area contributed by atoms with Gasteiger partial charge in [-0.3, -0.25) is 0 Å². The van der Waals surface area contributed by atoms with Gasteiger partial charge in [0.05, 0.1) is 0 Å². The van der Waals surface area contributed by atoms with E-state index < -0.39 is 0 Å². The fraction of sp³-hybridized carbons (Fsp3) is 0.667. The van der Waals surface area contributed by atoms with E-state index in [0.29, 0.717) is 43.9 Å². The van der Waals surface area contributed by atoms with Crippen molar-refractivity contribution < 1.29 is 9.53 Å². The van der Waals surface area contributed by atoms with Gasteiger partial charge in [0.1, 0.15) is 18.2 Å². The standard InChI is InChI=1S/C33H52N8O2/c34-30-22-31(37-24-27-14-12-26(13-15-27)23-35-16-7-17-36-29-10-5-2-6-11-29)39-32(38-30)40-18-20-41(21-19-40)33(42)43-25-28-8-3-1-4-9-28/h1,3-4,8-9,22,26-27,29,35-36H,2,5-7,10-21,23-25H2,(H3,34,37,38,39)/t26-,27-. The summed E-state index contributed by atoms with van der Waals surface area (Å²) in [5.41, 5.74) is 7.15. The maximum atomic E-state index is 12.5. The number of carbonyl (C=O) groups is 1. The van der Waals surface area contributed by atoms with Crippen molar-refractivity contribution >= 4 is 23.7 Å². The Morgan fingerprint density at radius 1 is 0.884 bits per heavy atom.